The third kappa shape index (κ3) is 22.5. The highest BCUT2D eigenvalue weighted by Crippen LogP contribution is 2.29. The van der Waals surface area contributed by atoms with Gasteiger partial charge in [-0.05, 0) is 179 Å². The summed E-state index contributed by atoms with van der Waals surface area (Å²) < 4.78 is 17.2. The van der Waals surface area contributed by atoms with Crippen molar-refractivity contribution in [2.24, 2.45) is 20.9 Å². The molecule has 440 valence electrons. The fraction of sp³-hybridized carbons (Fsp3) is 0.286. The number of hydrogen-bond acceptors (Lipinski definition) is 15. The summed E-state index contributed by atoms with van der Waals surface area (Å²) in [5, 5.41) is 27.4. The minimum Gasteiger partial charge on any atom is -0.449 e. The van der Waals surface area contributed by atoms with E-state index < -0.39 is 42.0 Å². The minimum absolute atomic E-state index is 0.107. The number of anilines is 6. The SMILES string of the molecule is CCC(C)=NOC(=O)Nc1ccc(Cc2ccc(NC(=O)OCCC(CC)(COC(=O)Nc3ccc(Cc4ccc(NC(=O)ON=C(C)C)cc4)cc3)COC(=O)Nc3ccc(Cc4ccc(NC(=O)ON=C(C)CC)cc4)cc3)cc2)cc1. The van der Waals surface area contributed by atoms with Gasteiger partial charge < -0.3 is 14.2 Å². The van der Waals surface area contributed by atoms with Crippen molar-refractivity contribution >= 4 is 87.8 Å². The lowest BCUT2D eigenvalue weighted by Gasteiger charge is -2.31. The maximum atomic E-state index is 13.3. The van der Waals surface area contributed by atoms with Gasteiger partial charge in [0.25, 0.3) is 0 Å². The van der Waals surface area contributed by atoms with Gasteiger partial charge in [-0.2, -0.15) is 0 Å². The Morgan fingerprint density at radius 2 is 0.607 bits per heavy atom. The van der Waals surface area contributed by atoms with Crippen LogP contribution in [-0.2, 0) is 48.0 Å². The largest absolute Gasteiger partial charge is 0.449 e. The second kappa shape index (κ2) is 32.4. The van der Waals surface area contributed by atoms with E-state index >= 15 is 0 Å². The second-order valence-corrected chi connectivity index (χ2v) is 19.9. The first-order valence-electron chi connectivity index (χ1n) is 27.3. The summed E-state index contributed by atoms with van der Waals surface area (Å²) in [5.41, 5.74) is 10.0. The lowest BCUT2D eigenvalue weighted by Crippen LogP contribution is -2.37. The molecule has 6 aromatic rings. The van der Waals surface area contributed by atoms with Gasteiger partial charge in [0.15, 0.2) is 0 Å². The number of benzene rings is 6. The van der Waals surface area contributed by atoms with E-state index in [1.807, 2.05) is 93.6 Å². The zero-order chi connectivity index (χ0) is 60.3. The van der Waals surface area contributed by atoms with E-state index in [-0.39, 0.29) is 26.2 Å². The fourth-order valence-corrected chi connectivity index (χ4v) is 7.69. The number of amides is 6. The molecule has 0 bridgehead atoms. The molecular formula is C63H71N9O12. The van der Waals surface area contributed by atoms with Crippen LogP contribution < -0.4 is 31.9 Å². The molecule has 84 heavy (non-hydrogen) atoms. The van der Waals surface area contributed by atoms with Crippen LogP contribution in [0.15, 0.2) is 161 Å². The molecule has 1 unspecified atom stereocenters. The van der Waals surface area contributed by atoms with Gasteiger partial charge in [-0.25, -0.2) is 28.8 Å². The molecule has 21 heteroatoms. The van der Waals surface area contributed by atoms with Gasteiger partial charge in [0, 0.05) is 39.5 Å². The Morgan fingerprint density at radius 1 is 0.357 bits per heavy atom. The average molecular weight is 1150 g/mol. The predicted octanol–water partition coefficient (Wildman–Crippen LogP) is 14.9. The smallest absolute Gasteiger partial charge is 0.437 e. The number of hydrogen-bond donors (Lipinski definition) is 6. The Bertz CT molecular complexity index is 3240. The van der Waals surface area contributed by atoms with E-state index in [4.69, 9.17) is 28.7 Å². The van der Waals surface area contributed by atoms with Crippen molar-refractivity contribution < 1.29 is 57.5 Å². The van der Waals surface area contributed by atoms with Crippen molar-refractivity contribution in [1.29, 1.82) is 0 Å². The molecule has 0 saturated carbocycles. The molecule has 6 rings (SSSR count). The molecule has 6 aromatic carbocycles. The molecule has 0 aliphatic rings. The molecule has 0 spiro atoms. The lowest BCUT2D eigenvalue weighted by molar-refractivity contribution is 0.0130. The number of nitrogens with one attached hydrogen (secondary N) is 6. The Balaban J connectivity index is 1.02. The summed E-state index contributed by atoms with van der Waals surface area (Å²) in [5.74, 6) is 0. The predicted molar refractivity (Wildman–Crippen MR) is 325 cm³/mol. The monoisotopic (exact) mass is 1150 g/mol. The molecule has 0 radical (unpaired) electrons. The molecule has 6 amide bonds. The summed E-state index contributed by atoms with van der Waals surface area (Å²) in [6.07, 6.45) is -0.633. The molecule has 0 heterocycles. The molecule has 0 saturated heterocycles. The highest BCUT2D eigenvalue weighted by molar-refractivity contribution is 5.89. The van der Waals surface area contributed by atoms with Crippen LogP contribution in [0.4, 0.5) is 62.9 Å². The molecule has 0 aliphatic heterocycles. The van der Waals surface area contributed by atoms with Gasteiger partial charge in [-0.3, -0.25) is 46.4 Å². The molecule has 6 N–H and O–H groups in total. The zero-order valence-corrected chi connectivity index (χ0v) is 48.2. The molecule has 0 aliphatic carbocycles. The first kappa shape index (κ1) is 63.1. The number of nitrogens with zero attached hydrogens (tertiary/aromatic N) is 3. The first-order chi connectivity index (χ1) is 40.4. The van der Waals surface area contributed by atoms with Gasteiger partial charge in [-0.1, -0.05) is 109 Å². The van der Waals surface area contributed by atoms with Crippen LogP contribution >= 0.6 is 0 Å². The van der Waals surface area contributed by atoms with Gasteiger partial charge >= 0.3 is 36.6 Å². The van der Waals surface area contributed by atoms with Crippen molar-refractivity contribution in [1.82, 2.24) is 0 Å². The number of rotatable bonds is 25. The molecular weight excluding hydrogens is 1070 g/mol. The summed E-state index contributed by atoms with van der Waals surface area (Å²) in [4.78, 5) is 90.4. The normalized spacial score (nSPS) is 11.8. The topological polar surface area (TPSA) is 267 Å². The fourth-order valence-electron chi connectivity index (χ4n) is 7.69. The van der Waals surface area contributed by atoms with E-state index in [1.54, 1.807) is 100 Å². The minimum atomic E-state index is -0.981. The molecule has 1 atom stereocenters. The van der Waals surface area contributed by atoms with E-state index in [2.05, 4.69) is 47.4 Å². The quantitative estimate of drug-likeness (QED) is 0.0135. The molecule has 0 aromatic heterocycles. The van der Waals surface area contributed by atoms with Crippen molar-refractivity contribution in [3.8, 4) is 0 Å². The van der Waals surface area contributed by atoms with Crippen molar-refractivity contribution in [3.05, 3.63) is 179 Å². The lowest BCUT2D eigenvalue weighted by atomic mass is 9.83. The highest BCUT2D eigenvalue weighted by atomic mass is 16.7. The number of oxime groups is 3. The van der Waals surface area contributed by atoms with Gasteiger partial charge in [0.2, 0.25) is 0 Å². The summed E-state index contributed by atoms with van der Waals surface area (Å²) in [7, 11) is 0. The second-order valence-electron chi connectivity index (χ2n) is 19.9. The zero-order valence-electron chi connectivity index (χ0n) is 48.2. The van der Waals surface area contributed by atoms with Crippen LogP contribution in [-0.4, -0.2) is 73.5 Å². The van der Waals surface area contributed by atoms with Crippen LogP contribution in [0, 0.1) is 5.41 Å². The summed E-state index contributed by atoms with van der Waals surface area (Å²) in [6.45, 7) is 12.2. The van der Waals surface area contributed by atoms with Gasteiger partial charge in [-0.15, -0.1) is 0 Å². The van der Waals surface area contributed by atoms with E-state index in [9.17, 15) is 28.8 Å². The van der Waals surface area contributed by atoms with Crippen LogP contribution in [0.3, 0.4) is 0 Å². The number of ether oxygens (including phenoxy) is 3. The van der Waals surface area contributed by atoms with Crippen LogP contribution in [0.25, 0.3) is 0 Å². The highest BCUT2D eigenvalue weighted by Gasteiger charge is 2.33. The van der Waals surface area contributed by atoms with Crippen molar-refractivity contribution in [2.75, 3.05) is 51.7 Å². The Hall–Kier alpha value is -10.1. The maximum absolute atomic E-state index is 13.3. The summed E-state index contributed by atoms with van der Waals surface area (Å²) >= 11 is 0. The first-order valence-corrected chi connectivity index (χ1v) is 27.3. The van der Waals surface area contributed by atoms with Crippen LogP contribution in [0.1, 0.15) is 108 Å². The number of carbonyl (C=O) groups excluding carboxylic acids is 6. The Labute approximate surface area is 488 Å². The molecule has 21 nitrogen and oxygen atoms in total. The van der Waals surface area contributed by atoms with Crippen LogP contribution in [0.5, 0.6) is 0 Å². The van der Waals surface area contributed by atoms with E-state index in [0.717, 1.165) is 33.4 Å². The average Bonchev–Trinajstić information content (AvgIpc) is 3.65. The van der Waals surface area contributed by atoms with E-state index in [0.29, 0.717) is 89.8 Å². The standard InChI is InChI=1S/C63H71N9O12/c1-8-43(6)71-83-61(77)68-55-31-19-49(20-32-55)37-45-11-23-51(24-12-45)64-57(73)79-36-35-63(10-3,40-80-58(74)65-52-25-13-46(14-26-52)38-48-17-29-54(30-18-48)67-60(76)82-70-42(4)5)41-81-59(75)66-53-27-15-47(16-28-53)39-50-21-33-56(34-22-50)69-62(78)84-72-44(7)9-2/h11-34H,8-10,35-41H2,1-7H3,(H,64,73)(H,65,74)(H,66,75)(H,67,76)(H,68,77)(H,69,78). The van der Waals surface area contributed by atoms with Crippen LogP contribution in [0.2, 0.25) is 0 Å². The number of carbonyl (C=O) groups is 6. The van der Waals surface area contributed by atoms with Gasteiger partial charge in [0.05, 0.1) is 23.7 Å². The van der Waals surface area contributed by atoms with Crippen molar-refractivity contribution in [2.45, 2.75) is 93.4 Å². The third-order valence-corrected chi connectivity index (χ3v) is 13.0. The third-order valence-electron chi connectivity index (χ3n) is 13.0. The maximum Gasteiger partial charge on any atom is 0.437 e. The van der Waals surface area contributed by atoms with Crippen molar-refractivity contribution in [3.63, 3.8) is 0 Å². The Morgan fingerprint density at radius 3 is 0.857 bits per heavy atom. The molecule has 0 fully saturated rings. The summed E-state index contributed by atoms with van der Waals surface area (Å²) in [6, 6.07) is 43.7. The van der Waals surface area contributed by atoms with E-state index in [1.165, 1.54) is 0 Å². The van der Waals surface area contributed by atoms with Gasteiger partial charge in [0.1, 0.15) is 13.2 Å². The Kier molecular flexibility index (Phi) is 24.4.